The molecule has 0 fully saturated rings. The first-order valence-electron chi connectivity index (χ1n) is 5.65. The van der Waals surface area contributed by atoms with Crippen molar-refractivity contribution in [3.05, 3.63) is 59.4 Å². The molecule has 0 unspecified atom stereocenters. The fourth-order valence-electron chi connectivity index (χ4n) is 1.56. The first-order chi connectivity index (χ1) is 8.97. The van der Waals surface area contributed by atoms with Crippen LogP contribution in [0.25, 0.3) is 0 Å². The van der Waals surface area contributed by atoms with Crippen molar-refractivity contribution in [1.82, 2.24) is 0 Å². The molecule has 0 aliphatic rings. The number of hydrogen-bond acceptors (Lipinski definition) is 2. The lowest BCUT2D eigenvalue weighted by atomic mass is 10.1. The predicted octanol–water partition coefficient (Wildman–Crippen LogP) is 3.92. The summed E-state index contributed by atoms with van der Waals surface area (Å²) in [4.78, 5) is 0. The average Bonchev–Trinajstić information content (AvgIpc) is 2.34. The van der Waals surface area contributed by atoms with Crippen molar-refractivity contribution in [1.29, 1.82) is 0 Å². The highest BCUT2D eigenvalue weighted by atomic mass is 19.1. The molecule has 0 bridgehead atoms. The zero-order valence-electron chi connectivity index (χ0n) is 10.2. The largest absolute Gasteiger partial charge is 0.451 e. The maximum Gasteiger partial charge on any atom is 0.168 e. The summed E-state index contributed by atoms with van der Waals surface area (Å²) >= 11 is 0. The Morgan fingerprint density at radius 2 is 1.53 bits per heavy atom. The monoisotopic (exact) mass is 267 g/mol. The fraction of sp³-hybridized carbons (Fsp3) is 0.143. The van der Waals surface area contributed by atoms with E-state index in [1.165, 1.54) is 12.1 Å². The van der Waals surface area contributed by atoms with Crippen LogP contribution in [0.15, 0.2) is 36.4 Å². The van der Waals surface area contributed by atoms with Gasteiger partial charge in [0.2, 0.25) is 0 Å². The minimum Gasteiger partial charge on any atom is -0.451 e. The van der Waals surface area contributed by atoms with E-state index in [1.54, 1.807) is 13.0 Å². The summed E-state index contributed by atoms with van der Waals surface area (Å²) in [5.74, 6) is -2.66. The second-order valence-corrected chi connectivity index (χ2v) is 4.16. The zero-order chi connectivity index (χ0) is 14.0. The lowest BCUT2D eigenvalue weighted by Crippen LogP contribution is -2.05. The van der Waals surface area contributed by atoms with Crippen molar-refractivity contribution in [3.63, 3.8) is 0 Å². The van der Waals surface area contributed by atoms with Gasteiger partial charge in [-0.05, 0) is 36.8 Å². The third-order valence-electron chi connectivity index (χ3n) is 2.60. The topological polar surface area (TPSA) is 35.2 Å². The van der Waals surface area contributed by atoms with E-state index in [9.17, 15) is 13.2 Å². The van der Waals surface area contributed by atoms with Crippen molar-refractivity contribution in [3.8, 4) is 11.5 Å². The molecular weight excluding hydrogens is 255 g/mol. The van der Waals surface area contributed by atoms with Crippen LogP contribution >= 0.6 is 0 Å². The van der Waals surface area contributed by atoms with Gasteiger partial charge < -0.3 is 10.5 Å². The summed E-state index contributed by atoms with van der Waals surface area (Å²) in [5.41, 5.74) is 6.22. The van der Waals surface area contributed by atoms with Crippen molar-refractivity contribution < 1.29 is 17.9 Å². The summed E-state index contributed by atoms with van der Waals surface area (Å²) in [7, 11) is 0. The Labute approximate surface area is 108 Å². The highest BCUT2D eigenvalue weighted by Crippen LogP contribution is 2.28. The van der Waals surface area contributed by atoms with Crippen molar-refractivity contribution in [2.24, 2.45) is 5.73 Å². The van der Waals surface area contributed by atoms with Crippen LogP contribution in [0.2, 0.25) is 0 Å². The van der Waals surface area contributed by atoms with Gasteiger partial charge in [0, 0.05) is 12.1 Å². The highest BCUT2D eigenvalue weighted by Gasteiger charge is 2.11. The standard InChI is InChI=1S/C14H12F3NO/c1-8(18)9-2-4-13(11(16)6-9)19-14-5-3-10(15)7-12(14)17/h2-8H,18H2,1H3/t8-/m1/s1. The molecule has 100 valence electrons. The van der Waals surface area contributed by atoms with Gasteiger partial charge in [-0.25, -0.2) is 13.2 Å². The minimum absolute atomic E-state index is 0.144. The SMILES string of the molecule is C[C@@H](N)c1ccc(Oc2ccc(F)cc2F)c(F)c1. The molecule has 2 nitrogen and oxygen atoms in total. The number of nitrogens with two attached hydrogens (primary N) is 1. The Hall–Kier alpha value is -2.01. The molecule has 2 rings (SSSR count). The van der Waals surface area contributed by atoms with Crippen molar-refractivity contribution >= 4 is 0 Å². The molecule has 19 heavy (non-hydrogen) atoms. The van der Waals surface area contributed by atoms with Crippen LogP contribution in [0, 0.1) is 17.5 Å². The summed E-state index contributed by atoms with van der Waals surface area (Å²) in [6.45, 7) is 1.72. The van der Waals surface area contributed by atoms with E-state index in [1.807, 2.05) is 0 Å². The van der Waals surface area contributed by atoms with Crippen molar-refractivity contribution in [2.45, 2.75) is 13.0 Å². The smallest absolute Gasteiger partial charge is 0.168 e. The van der Waals surface area contributed by atoms with E-state index in [2.05, 4.69) is 0 Å². The molecule has 0 aliphatic heterocycles. The molecule has 0 saturated heterocycles. The molecule has 2 N–H and O–H groups in total. The minimum atomic E-state index is -0.893. The Balaban J connectivity index is 2.28. The molecule has 0 aromatic heterocycles. The molecular formula is C14H12F3NO. The van der Waals surface area contributed by atoms with E-state index in [0.29, 0.717) is 11.6 Å². The van der Waals surface area contributed by atoms with Gasteiger partial charge in [-0.1, -0.05) is 6.07 Å². The normalized spacial score (nSPS) is 12.3. The van der Waals surface area contributed by atoms with Gasteiger partial charge in [0.15, 0.2) is 23.1 Å². The lowest BCUT2D eigenvalue weighted by molar-refractivity contribution is 0.411. The third-order valence-corrected chi connectivity index (χ3v) is 2.60. The first kappa shape index (κ1) is 13.4. The van der Waals surface area contributed by atoms with Crippen LogP contribution in [-0.2, 0) is 0 Å². The summed E-state index contributed by atoms with van der Waals surface area (Å²) in [6.07, 6.45) is 0. The summed E-state index contributed by atoms with van der Waals surface area (Å²) in [5, 5.41) is 0. The maximum atomic E-state index is 13.7. The predicted molar refractivity (Wildman–Crippen MR) is 65.4 cm³/mol. The van der Waals surface area contributed by atoms with E-state index in [0.717, 1.165) is 12.1 Å². The molecule has 0 amide bonds. The quantitative estimate of drug-likeness (QED) is 0.914. The Kier molecular flexibility index (Phi) is 3.76. The van der Waals surface area contributed by atoms with Crippen LogP contribution in [0.1, 0.15) is 18.5 Å². The van der Waals surface area contributed by atoms with E-state index >= 15 is 0 Å². The van der Waals surface area contributed by atoms with Crippen LogP contribution in [0.4, 0.5) is 13.2 Å². The highest BCUT2D eigenvalue weighted by molar-refractivity contribution is 5.36. The van der Waals surface area contributed by atoms with Gasteiger partial charge in [0.1, 0.15) is 5.82 Å². The second-order valence-electron chi connectivity index (χ2n) is 4.16. The molecule has 0 spiro atoms. The Morgan fingerprint density at radius 3 is 2.05 bits per heavy atom. The number of hydrogen-bond donors (Lipinski definition) is 1. The molecule has 0 aliphatic carbocycles. The summed E-state index contributed by atoms with van der Waals surface area (Å²) < 4.78 is 44.9. The molecule has 0 heterocycles. The number of ether oxygens (including phenoxy) is 1. The molecule has 2 aromatic rings. The Morgan fingerprint density at radius 1 is 0.947 bits per heavy atom. The zero-order valence-corrected chi connectivity index (χ0v) is 10.2. The molecule has 0 saturated carbocycles. The first-order valence-corrected chi connectivity index (χ1v) is 5.65. The summed E-state index contributed by atoms with van der Waals surface area (Å²) in [6, 6.07) is 6.66. The fourth-order valence-corrected chi connectivity index (χ4v) is 1.56. The van der Waals surface area contributed by atoms with Crippen LogP contribution in [-0.4, -0.2) is 0 Å². The number of rotatable bonds is 3. The van der Waals surface area contributed by atoms with E-state index in [4.69, 9.17) is 10.5 Å². The van der Waals surface area contributed by atoms with Crippen LogP contribution < -0.4 is 10.5 Å². The van der Waals surface area contributed by atoms with E-state index in [-0.39, 0.29) is 17.5 Å². The molecule has 1 atom stereocenters. The van der Waals surface area contributed by atoms with Gasteiger partial charge in [-0.3, -0.25) is 0 Å². The van der Waals surface area contributed by atoms with Gasteiger partial charge in [0.25, 0.3) is 0 Å². The Bertz CT molecular complexity index is 599. The second kappa shape index (κ2) is 5.32. The van der Waals surface area contributed by atoms with E-state index < -0.39 is 17.5 Å². The molecule has 2 aromatic carbocycles. The van der Waals surface area contributed by atoms with Gasteiger partial charge in [-0.15, -0.1) is 0 Å². The molecule has 5 heteroatoms. The van der Waals surface area contributed by atoms with Gasteiger partial charge >= 0.3 is 0 Å². The number of halogens is 3. The van der Waals surface area contributed by atoms with Gasteiger partial charge in [-0.2, -0.15) is 0 Å². The number of benzene rings is 2. The van der Waals surface area contributed by atoms with Crippen LogP contribution in [0.3, 0.4) is 0 Å². The molecule has 0 radical (unpaired) electrons. The van der Waals surface area contributed by atoms with Gasteiger partial charge in [0.05, 0.1) is 0 Å². The van der Waals surface area contributed by atoms with Crippen LogP contribution in [0.5, 0.6) is 11.5 Å². The maximum absolute atomic E-state index is 13.7. The third kappa shape index (κ3) is 3.06. The van der Waals surface area contributed by atoms with Crippen molar-refractivity contribution in [2.75, 3.05) is 0 Å². The average molecular weight is 267 g/mol. The lowest BCUT2D eigenvalue weighted by Gasteiger charge is -2.10.